The Labute approximate surface area is 227 Å². The van der Waals surface area contributed by atoms with Gasteiger partial charge in [0.25, 0.3) is 5.91 Å². The molecule has 39 heavy (non-hydrogen) atoms. The third kappa shape index (κ3) is 6.73. The van der Waals surface area contributed by atoms with E-state index < -0.39 is 24.5 Å². The Kier molecular flexibility index (Phi) is 9.14. The number of hydrogen-bond acceptors (Lipinski definition) is 8. The van der Waals surface area contributed by atoms with Crippen LogP contribution in [0.5, 0.6) is 11.5 Å². The van der Waals surface area contributed by atoms with Gasteiger partial charge in [0.05, 0.1) is 32.6 Å². The molecule has 2 aromatic carbocycles. The maximum Gasteiger partial charge on any atom is 0.331 e. The Morgan fingerprint density at radius 2 is 1.54 bits per heavy atom. The van der Waals surface area contributed by atoms with Crippen molar-refractivity contribution in [3.8, 4) is 11.5 Å². The first kappa shape index (κ1) is 27.6. The van der Waals surface area contributed by atoms with Crippen LogP contribution in [0.25, 0.3) is 6.08 Å². The zero-order valence-corrected chi connectivity index (χ0v) is 22.3. The maximum atomic E-state index is 13.3. The molecule has 1 saturated carbocycles. The molecule has 0 unspecified atom stereocenters. The molecule has 1 aliphatic heterocycles. The van der Waals surface area contributed by atoms with E-state index in [-0.39, 0.29) is 18.6 Å². The van der Waals surface area contributed by atoms with Gasteiger partial charge in [-0.05, 0) is 73.2 Å². The number of rotatable bonds is 9. The van der Waals surface area contributed by atoms with Crippen LogP contribution in [0.1, 0.15) is 43.4 Å². The number of carbonyl (C=O) groups excluding carboxylic acids is 3. The van der Waals surface area contributed by atoms with Gasteiger partial charge in [-0.25, -0.2) is 14.6 Å². The first-order valence-corrected chi connectivity index (χ1v) is 12.8. The van der Waals surface area contributed by atoms with Crippen molar-refractivity contribution in [2.45, 2.75) is 32.2 Å². The number of methoxy groups -OCH3 is 2. The van der Waals surface area contributed by atoms with E-state index in [2.05, 4.69) is 6.08 Å². The fourth-order valence-electron chi connectivity index (χ4n) is 4.82. The van der Waals surface area contributed by atoms with Crippen LogP contribution in [-0.2, 0) is 23.9 Å². The van der Waals surface area contributed by atoms with Gasteiger partial charge in [0, 0.05) is 18.1 Å². The number of ether oxygens (including phenoxy) is 4. The SMILES string of the molecule is CCOC(=O)/C=C/C(=O)OCC(=O)N1N=C2/C(=C\c3ccc(OC)cc3)CCC[C@@H]2[C@H]1c1ccc(OC)cc1. The highest BCUT2D eigenvalue weighted by Gasteiger charge is 2.43. The molecule has 9 nitrogen and oxygen atoms in total. The molecule has 2 aliphatic rings. The quantitative estimate of drug-likeness (QED) is 0.346. The number of benzene rings is 2. The topological polar surface area (TPSA) is 104 Å². The molecule has 0 bridgehead atoms. The van der Waals surface area contributed by atoms with Crippen molar-refractivity contribution in [1.82, 2.24) is 5.01 Å². The smallest absolute Gasteiger partial charge is 0.331 e. The van der Waals surface area contributed by atoms with Gasteiger partial charge in [-0.15, -0.1) is 0 Å². The Balaban J connectivity index is 1.59. The zero-order valence-electron chi connectivity index (χ0n) is 22.3. The molecular weight excluding hydrogens is 500 g/mol. The number of nitrogens with zero attached hydrogens (tertiary/aromatic N) is 2. The van der Waals surface area contributed by atoms with Crippen molar-refractivity contribution in [2.24, 2.45) is 11.0 Å². The summed E-state index contributed by atoms with van der Waals surface area (Å²) >= 11 is 0. The summed E-state index contributed by atoms with van der Waals surface area (Å²) in [6.07, 6.45) is 6.67. The van der Waals surface area contributed by atoms with Crippen LogP contribution < -0.4 is 9.47 Å². The van der Waals surface area contributed by atoms with Crippen molar-refractivity contribution in [1.29, 1.82) is 0 Å². The lowest BCUT2D eigenvalue weighted by Crippen LogP contribution is -2.34. The molecule has 0 aromatic heterocycles. The number of hydrogen-bond donors (Lipinski definition) is 0. The predicted molar refractivity (Wildman–Crippen MR) is 145 cm³/mol. The highest BCUT2D eigenvalue weighted by atomic mass is 16.5. The number of amides is 1. The number of hydrazone groups is 1. The van der Waals surface area contributed by atoms with Gasteiger partial charge in [0.1, 0.15) is 11.5 Å². The molecule has 0 radical (unpaired) electrons. The third-order valence-electron chi connectivity index (χ3n) is 6.65. The predicted octanol–water partition coefficient (Wildman–Crippen LogP) is 4.49. The second-order valence-electron chi connectivity index (χ2n) is 9.08. The summed E-state index contributed by atoms with van der Waals surface area (Å²) in [5.74, 6) is -0.464. The van der Waals surface area contributed by atoms with E-state index >= 15 is 0 Å². The fourth-order valence-corrected chi connectivity index (χ4v) is 4.82. The summed E-state index contributed by atoms with van der Waals surface area (Å²) in [7, 11) is 3.23. The van der Waals surface area contributed by atoms with Crippen molar-refractivity contribution in [2.75, 3.05) is 27.4 Å². The van der Waals surface area contributed by atoms with Crippen LogP contribution in [0.4, 0.5) is 0 Å². The van der Waals surface area contributed by atoms with Crippen molar-refractivity contribution in [3.63, 3.8) is 0 Å². The van der Waals surface area contributed by atoms with Crippen LogP contribution in [-0.4, -0.2) is 56.0 Å². The third-order valence-corrected chi connectivity index (χ3v) is 6.65. The number of carbonyl (C=O) groups is 3. The van der Waals surface area contributed by atoms with Gasteiger partial charge in [0.2, 0.25) is 0 Å². The van der Waals surface area contributed by atoms with E-state index in [4.69, 9.17) is 24.0 Å². The summed E-state index contributed by atoms with van der Waals surface area (Å²) in [6, 6.07) is 15.0. The minimum atomic E-state index is -0.818. The molecule has 1 aliphatic carbocycles. The molecule has 0 saturated heterocycles. The first-order chi connectivity index (χ1) is 18.9. The summed E-state index contributed by atoms with van der Waals surface area (Å²) in [6.45, 7) is 1.34. The van der Waals surface area contributed by atoms with Crippen LogP contribution in [0.2, 0.25) is 0 Å². The normalized spacial score (nSPS) is 19.4. The monoisotopic (exact) mass is 532 g/mol. The molecule has 0 spiro atoms. The zero-order chi connectivity index (χ0) is 27.8. The van der Waals surface area contributed by atoms with E-state index in [1.807, 2.05) is 48.5 Å². The minimum absolute atomic E-state index is 0.0139. The Morgan fingerprint density at radius 1 is 0.923 bits per heavy atom. The minimum Gasteiger partial charge on any atom is -0.497 e. The lowest BCUT2D eigenvalue weighted by Gasteiger charge is -2.29. The average molecular weight is 533 g/mol. The van der Waals surface area contributed by atoms with Crippen LogP contribution >= 0.6 is 0 Å². The van der Waals surface area contributed by atoms with Gasteiger partial charge in [-0.2, -0.15) is 5.10 Å². The molecule has 9 heteroatoms. The average Bonchev–Trinajstić information content (AvgIpc) is 3.36. The molecule has 1 heterocycles. The lowest BCUT2D eigenvalue weighted by molar-refractivity contribution is -0.149. The highest BCUT2D eigenvalue weighted by molar-refractivity contribution is 6.08. The van der Waals surface area contributed by atoms with Gasteiger partial charge >= 0.3 is 11.9 Å². The van der Waals surface area contributed by atoms with Crippen molar-refractivity contribution < 1.29 is 33.3 Å². The van der Waals surface area contributed by atoms with Gasteiger partial charge in [0.15, 0.2) is 6.61 Å². The Hall–Kier alpha value is -4.40. The van der Waals surface area contributed by atoms with E-state index in [1.54, 1.807) is 21.1 Å². The van der Waals surface area contributed by atoms with E-state index in [1.165, 1.54) is 5.01 Å². The standard InChI is InChI=1S/C30H32N2O7/c1-4-38-27(34)16-17-28(35)39-19-26(33)32-30(21-10-14-24(37-3)15-11-21)25-7-5-6-22(29(25)31-32)18-20-8-12-23(36-2)13-9-20/h8-18,25,30H,4-7,19H2,1-3H3/b17-16+,22-18-/t25-,30+/m0/s1. The van der Waals surface area contributed by atoms with Crippen LogP contribution in [0.15, 0.2) is 71.4 Å². The van der Waals surface area contributed by atoms with Crippen molar-refractivity contribution in [3.05, 3.63) is 77.4 Å². The second kappa shape index (κ2) is 12.9. The number of esters is 2. The molecule has 1 amide bonds. The fraction of sp³-hybridized carbons (Fsp3) is 0.333. The first-order valence-electron chi connectivity index (χ1n) is 12.8. The maximum absolute atomic E-state index is 13.3. The van der Waals surface area contributed by atoms with E-state index in [0.717, 1.165) is 59.6 Å². The van der Waals surface area contributed by atoms with E-state index in [9.17, 15) is 14.4 Å². The second-order valence-corrected chi connectivity index (χ2v) is 9.08. The van der Waals surface area contributed by atoms with Gasteiger partial charge < -0.3 is 18.9 Å². The summed E-state index contributed by atoms with van der Waals surface area (Å²) in [5.41, 5.74) is 3.86. The molecular formula is C30H32N2O7. The molecule has 2 atom stereocenters. The van der Waals surface area contributed by atoms with Gasteiger partial charge in [-0.3, -0.25) is 4.79 Å². The van der Waals surface area contributed by atoms with Crippen molar-refractivity contribution >= 4 is 29.6 Å². The molecule has 204 valence electrons. The lowest BCUT2D eigenvalue weighted by atomic mass is 9.77. The summed E-state index contributed by atoms with van der Waals surface area (Å²) < 4.78 is 20.4. The summed E-state index contributed by atoms with van der Waals surface area (Å²) in [4.78, 5) is 36.9. The number of allylic oxidation sites excluding steroid dienone is 1. The summed E-state index contributed by atoms with van der Waals surface area (Å²) in [5, 5.41) is 6.22. The Bertz CT molecular complexity index is 1280. The molecule has 2 aromatic rings. The highest BCUT2D eigenvalue weighted by Crippen LogP contribution is 2.44. The number of fused-ring (bicyclic) bond motifs is 1. The van der Waals surface area contributed by atoms with Gasteiger partial charge in [-0.1, -0.05) is 24.3 Å². The molecule has 1 fully saturated rings. The van der Waals surface area contributed by atoms with Crippen LogP contribution in [0, 0.1) is 5.92 Å². The van der Waals surface area contributed by atoms with E-state index in [0.29, 0.717) is 5.75 Å². The largest absolute Gasteiger partial charge is 0.497 e. The Morgan fingerprint density at radius 3 is 2.15 bits per heavy atom. The van der Waals surface area contributed by atoms with Crippen LogP contribution in [0.3, 0.4) is 0 Å². The molecule has 4 rings (SSSR count). The molecule has 0 N–H and O–H groups in total.